The molecule has 1 aromatic carbocycles. The van der Waals surface area contributed by atoms with E-state index < -0.39 is 5.67 Å². The zero-order chi connectivity index (χ0) is 20.9. The van der Waals surface area contributed by atoms with Gasteiger partial charge in [0.1, 0.15) is 23.8 Å². The molecule has 2 fully saturated rings. The molecule has 0 N–H and O–H groups in total. The highest BCUT2D eigenvalue weighted by atomic mass is 19.1. The molecule has 5 rings (SSSR count). The molecule has 0 spiro atoms. The fraction of sp³-hybridized carbons (Fsp3) is 0.455. The zero-order valence-electron chi connectivity index (χ0n) is 16.7. The Hall–Kier alpha value is -3.08. The minimum absolute atomic E-state index is 0.144. The Labute approximate surface area is 173 Å². The van der Waals surface area contributed by atoms with Crippen LogP contribution in [0.25, 0.3) is 0 Å². The van der Waals surface area contributed by atoms with Crippen molar-refractivity contribution in [2.75, 3.05) is 18.0 Å². The van der Waals surface area contributed by atoms with Gasteiger partial charge >= 0.3 is 0 Å². The molecule has 0 bridgehead atoms. The summed E-state index contributed by atoms with van der Waals surface area (Å²) in [5.74, 6) is 0.534. The molecule has 8 heteroatoms. The highest BCUT2D eigenvalue weighted by Gasteiger charge is 2.41. The van der Waals surface area contributed by atoms with Crippen LogP contribution >= 0.6 is 0 Å². The monoisotopic (exact) mass is 409 g/mol. The lowest BCUT2D eigenvalue weighted by Gasteiger charge is -2.33. The van der Waals surface area contributed by atoms with Gasteiger partial charge in [-0.3, -0.25) is 4.99 Å². The van der Waals surface area contributed by atoms with Gasteiger partial charge in [0.25, 0.3) is 0 Å². The average molecular weight is 409 g/mol. The summed E-state index contributed by atoms with van der Waals surface area (Å²) in [5, 5.41) is 8.98. The maximum absolute atomic E-state index is 14.5. The quantitative estimate of drug-likeness (QED) is 0.769. The van der Waals surface area contributed by atoms with E-state index in [9.17, 15) is 8.78 Å². The molecule has 0 amide bonds. The maximum atomic E-state index is 14.5. The van der Waals surface area contributed by atoms with Gasteiger partial charge in [0, 0.05) is 37.6 Å². The van der Waals surface area contributed by atoms with Crippen LogP contribution in [0.2, 0.25) is 0 Å². The molecule has 1 saturated carbocycles. The van der Waals surface area contributed by atoms with Gasteiger partial charge in [-0.2, -0.15) is 5.26 Å². The Balaban J connectivity index is 1.41. The van der Waals surface area contributed by atoms with Crippen LogP contribution in [0.1, 0.15) is 49.4 Å². The number of halogens is 2. The van der Waals surface area contributed by atoms with Crippen LogP contribution in [0.5, 0.6) is 5.75 Å². The van der Waals surface area contributed by atoms with Gasteiger partial charge < -0.3 is 9.64 Å². The second-order valence-electron chi connectivity index (χ2n) is 8.48. The summed E-state index contributed by atoms with van der Waals surface area (Å²) in [4.78, 5) is 15.2. The first-order valence-corrected chi connectivity index (χ1v) is 10.1. The summed E-state index contributed by atoms with van der Waals surface area (Å²) >= 11 is 0. The fourth-order valence-corrected chi connectivity index (χ4v) is 3.89. The van der Waals surface area contributed by atoms with E-state index in [0.717, 1.165) is 24.0 Å². The minimum Gasteiger partial charge on any atom is -0.484 e. The third-order valence-electron chi connectivity index (χ3n) is 6.11. The molecule has 6 nitrogen and oxygen atoms in total. The van der Waals surface area contributed by atoms with Gasteiger partial charge in [-0.25, -0.2) is 18.7 Å². The van der Waals surface area contributed by atoms with Crippen molar-refractivity contribution in [1.29, 1.82) is 5.26 Å². The summed E-state index contributed by atoms with van der Waals surface area (Å²) in [6.07, 6.45) is 3.58. The number of hydrogen-bond acceptors (Lipinski definition) is 6. The molecule has 0 radical (unpaired) electrons. The normalized spacial score (nSPS) is 20.9. The van der Waals surface area contributed by atoms with E-state index in [4.69, 9.17) is 10.00 Å². The number of benzene rings is 1. The number of anilines is 1. The highest BCUT2D eigenvalue weighted by Crippen LogP contribution is 2.41. The number of nitriles is 1. The third-order valence-corrected chi connectivity index (χ3v) is 6.11. The first-order chi connectivity index (χ1) is 14.4. The van der Waals surface area contributed by atoms with Crippen molar-refractivity contribution in [2.24, 2.45) is 4.99 Å². The van der Waals surface area contributed by atoms with E-state index in [1.165, 1.54) is 12.4 Å². The molecule has 30 heavy (non-hydrogen) atoms. The molecule has 0 unspecified atom stereocenters. The van der Waals surface area contributed by atoms with Gasteiger partial charge in [-0.15, -0.1) is 0 Å². The first-order valence-electron chi connectivity index (χ1n) is 10.1. The van der Waals surface area contributed by atoms with Crippen LogP contribution in [-0.4, -0.2) is 40.0 Å². The van der Waals surface area contributed by atoms with Gasteiger partial charge in [0.15, 0.2) is 17.2 Å². The number of fused-ring (bicyclic) bond motifs is 1. The summed E-state index contributed by atoms with van der Waals surface area (Å²) in [5.41, 5.74) is 0.867. The number of rotatable bonds is 4. The van der Waals surface area contributed by atoms with Crippen LogP contribution in [0.15, 0.2) is 29.5 Å². The molecule has 2 aromatic rings. The standard InChI is InChI=1S/C22H21F2N5O/c1-21(2-3-21)30-18-9-15-14(8-16(18)23)11-26-20(15)17-10-19(28-13-27-17)29-6-4-22(24,12-25)5-7-29/h8-10,13H,2-7,11H2,1H3. The summed E-state index contributed by atoms with van der Waals surface area (Å²) in [6.45, 7) is 3.17. The van der Waals surface area contributed by atoms with Crippen LogP contribution < -0.4 is 9.64 Å². The minimum atomic E-state index is -1.76. The van der Waals surface area contributed by atoms with Crippen molar-refractivity contribution in [2.45, 2.75) is 50.4 Å². The molecule has 3 heterocycles. The predicted molar refractivity (Wildman–Crippen MR) is 107 cm³/mol. The molecule has 2 aliphatic heterocycles. The van der Waals surface area contributed by atoms with Gasteiger partial charge in [-0.05, 0) is 37.5 Å². The van der Waals surface area contributed by atoms with Crippen LogP contribution in [-0.2, 0) is 6.54 Å². The SMILES string of the molecule is CC1(Oc2cc3c(cc2F)CN=C3c2cc(N3CCC(F)(C#N)CC3)ncn2)CC1. The average Bonchev–Trinajstić information content (AvgIpc) is 3.34. The summed E-state index contributed by atoms with van der Waals surface area (Å²) in [7, 11) is 0. The first kappa shape index (κ1) is 18.9. The third kappa shape index (κ3) is 3.38. The molecule has 154 valence electrons. The van der Waals surface area contributed by atoms with Crippen molar-refractivity contribution in [3.63, 3.8) is 0 Å². The topological polar surface area (TPSA) is 74.4 Å². The van der Waals surface area contributed by atoms with E-state index in [1.807, 2.05) is 17.9 Å². The Morgan fingerprint density at radius 3 is 2.60 bits per heavy atom. The zero-order valence-corrected chi connectivity index (χ0v) is 16.7. The highest BCUT2D eigenvalue weighted by molar-refractivity contribution is 6.14. The van der Waals surface area contributed by atoms with Crippen molar-refractivity contribution in [1.82, 2.24) is 9.97 Å². The Bertz CT molecular complexity index is 1080. The molecule has 0 atom stereocenters. The van der Waals surface area contributed by atoms with E-state index >= 15 is 0 Å². The Morgan fingerprint density at radius 2 is 1.90 bits per heavy atom. The predicted octanol–water partition coefficient (Wildman–Crippen LogP) is 3.73. The number of ether oxygens (including phenoxy) is 1. The second-order valence-corrected chi connectivity index (χ2v) is 8.48. The number of aromatic nitrogens is 2. The van der Waals surface area contributed by atoms with Crippen molar-refractivity contribution in [3.8, 4) is 11.8 Å². The van der Waals surface area contributed by atoms with Gasteiger partial charge in [-0.1, -0.05) is 0 Å². The van der Waals surface area contributed by atoms with Crippen LogP contribution in [0.4, 0.5) is 14.6 Å². The number of nitrogens with zero attached hydrogens (tertiary/aromatic N) is 5. The smallest absolute Gasteiger partial charge is 0.199 e. The van der Waals surface area contributed by atoms with Crippen LogP contribution in [0.3, 0.4) is 0 Å². The molecule has 1 aliphatic carbocycles. The number of aliphatic imine (C=N–C) groups is 1. The molecule has 1 saturated heterocycles. The van der Waals surface area contributed by atoms with Crippen molar-refractivity contribution >= 4 is 11.5 Å². The summed E-state index contributed by atoms with van der Waals surface area (Å²) in [6, 6.07) is 6.78. The number of alkyl halides is 1. The van der Waals surface area contributed by atoms with E-state index in [-0.39, 0.29) is 30.0 Å². The van der Waals surface area contributed by atoms with E-state index in [1.54, 1.807) is 12.1 Å². The lowest BCUT2D eigenvalue weighted by molar-refractivity contribution is 0.191. The molecular weight excluding hydrogens is 388 g/mol. The van der Waals surface area contributed by atoms with Crippen molar-refractivity contribution < 1.29 is 13.5 Å². The Kier molecular flexibility index (Phi) is 4.24. The molecular formula is C22H21F2N5O. The summed E-state index contributed by atoms with van der Waals surface area (Å²) < 4.78 is 34.5. The number of piperidine rings is 1. The molecule has 3 aliphatic rings. The lowest BCUT2D eigenvalue weighted by atomic mass is 9.95. The maximum Gasteiger partial charge on any atom is 0.199 e. The van der Waals surface area contributed by atoms with Gasteiger partial charge in [0.2, 0.25) is 0 Å². The van der Waals surface area contributed by atoms with E-state index in [0.29, 0.717) is 36.9 Å². The van der Waals surface area contributed by atoms with Gasteiger partial charge in [0.05, 0.1) is 18.0 Å². The van der Waals surface area contributed by atoms with Crippen LogP contribution in [0, 0.1) is 17.1 Å². The lowest BCUT2D eigenvalue weighted by Crippen LogP contribution is -2.41. The molecule has 1 aromatic heterocycles. The second kappa shape index (κ2) is 6.73. The van der Waals surface area contributed by atoms with E-state index in [2.05, 4.69) is 15.0 Å². The Morgan fingerprint density at radius 1 is 1.13 bits per heavy atom. The number of hydrogen-bond donors (Lipinski definition) is 0. The van der Waals surface area contributed by atoms with Crippen molar-refractivity contribution in [3.05, 3.63) is 47.2 Å². The fourth-order valence-electron chi connectivity index (χ4n) is 3.89. The largest absolute Gasteiger partial charge is 0.484 e.